The highest BCUT2D eigenvalue weighted by Gasteiger charge is 2.11. The van der Waals surface area contributed by atoms with Crippen LogP contribution in [0.25, 0.3) is 0 Å². The first kappa shape index (κ1) is 15.5. The number of rotatable bonds is 6. The number of aromatic nitrogens is 2. The highest BCUT2D eigenvalue weighted by Crippen LogP contribution is 2.12. The molecule has 1 aromatic rings. The lowest BCUT2D eigenvalue weighted by atomic mass is 10.1. The molecule has 0 aliphatic carbocycles. The Bertz CT molecular complexity index is 401. The number of aliphatic hydroxyl groups excluding tert-OH is 1. The van der Waals surface area contributed by atoms with Crippen molar-refractivity contribution in [3.63, 3.8) is 0 Å². The summed E-state index contributed by atoms with van der Waals surface area (Å²) in [7, 11) is 0. The van der Waals surface area contributed by atoms with E-state index >= 15 is 0 Å². The Kier molecular flexibility index (Phi) is 5.82. The SMILES string of the molecule is CC(O)CC(C)CNC(=O)Nc1ccnn1C(C)C. The van der Waals surface area contributed by atoms with E-state index in [-0.39, 0.29) is 24.1 Å². The maximum Gasteiger partial charge on any atom is 0.320 e. The molecule has 0 bridgehead atoms. The van der Waals surface area contributed by atoms with Crippen molar-refractivity contribution >= 4 is 11.8 Å². The number of anilines is 1. The standard InChI is InChI=1S/C13H24N4O2/c1-9(2)17-12(5-6-15-17)16-13(19)14-8-10(3)7-11(4)18/h5-6,9-11,18H,7-8H2,1-4H3,(H2,14,16,19). The first-order valence-electron chi connectivity index (χ1n) is 6.66. The number of nitrogens with one attached hydrogen (secondary N) is 2. The van der Waals surface area contributed by atoms with Gasteiger partial charge in [-0.05, 0) is 33.1 Å². The Hall–Kier alpha value is -1.56. The molecule has 0 saturated heterocycles. The van der Waals surface area contributed by atoms with Crippen LogP contribution in [0.2, 0.25) is 0 Å². The van der Waals surface area contributed by atoms with Gasteiger partial charge in [0.2, 0.25) is 0 Å². The van der Waals surface area contributed by atoms with Crippen LogP contribution < -0.4 is 10.6 Å². The van der Waals surface area contributed by atoms with E-state index in [1.807, 2.05) is 20.8 Å². The number of aliphatic hydroxyl groups is 1. The minimum absolute atomic E-state index is 0.194. The predicted molar refractivity (Wildman–Crippen MR) is 75.1 cm³/mol. The largest absolute Gasteiger partial charge is 0.393 e. The van der Waals surface area contributed by atoms with Crippen LogP contribution in [-0.2, 0) is 0 Å². The van der Waals surface area contributed by atoms with Crippen molar-refractivity contribution < 1.29 is 9.90 Å². The first-order valence-corrected chi connectivity index (χ1v) is 6.66. The van der Waals surface area contributed by atoms with Crippen molar-refractivity contribution in [2.24, 2.45) is 5.92 Å². The summed E-state index contributed by atoms with van der Waals surface area (Å²) in [6, 6.07) is 1.71. The Morgan fingerprint density at radius 2 is 2.11 bits per heavy atom. The molecular weight excluding hydrogens is 244 g/mol. The lowest BCUT2D eigenvalue weighted by Gasteiger charge is -2.15. The van der Waals surface area contributed by atoms with Crippen LogP contribution in [0, 0.1) is 5.92 Å². The Balaban J connectivity index is 2.41. The number of amides is 2. The minimum Gasteiger partial charge on any atom is -0.393 e. The molecule has 1 rings (SSSR count). The third-order valence-electron chi connectivity index (χ3n) is 2.76. The quantitative estimate of drug-likeness (QED) is 0.738. The van der Waals surface area contributed by atoms with Gasteiger partial charge in [0.1, 0.15) is 5.82 Å². The van der Waals surface area contributed by atoms with Crippen LogP contribution in [0.15, 0.2) is 12.3 Å². The van der Waals surface area contributed by atoms with Gasteiger partial charge in [0.15, 0.2) is 0 Å². The second-order valence-corrected chi connectivity index (χ2v) is 5.28. The molecule has 0 fully saturated rings. The van der Waals surface area contributed by atoms with Crippen LogP contribution >= 0.6 is 0 Å². The zero-order valence-electron chi connectivity index (χ0n) is 12.1. The van der Waals surface area contributed by atoms with E-state index in [1.165, 1.54) is 0 Å². The molecule has 1 aromatic heterocycles. The van der Waals surface area contributed by atoms with Crippen LogP contribution in [0.3, 0.4) is 0 Å². The van der Waals surface area contributed by atoms with Gasteiger partial charge in [-0.1, -0.05) is 6.92 Å². The molecule has 108 valence electrons. The fourth-order valence-electron chi connectivity index (χ4n) is 1.92. The Morgan fingerprint density at radius 1 is 1.42 bits per heavy atom. The summed E-state index contributed by atoms with van der Waals surface area (Å²) in [6.45, 7) is 8.28. The van der Waals surface area contributed by atoms with E-state index in [1.54, 1.807) is 23.9 Å². The van der Waals surface area contributed by atoms with Gasteiger partial charge < -0.3 is 10.4 Å². The van der Waals surface area contributed by atoms with Crippen molar-refractivity contribution in [2.45, 2.75) is 46.3 Å². The maximum absolute atomic E-state index is 11.7. The van der Waals surface area contributed by atoms with E-state index in [4.69, 9.17) is 0 Å². The molecule has 0 aliphatic heterocycles. The first-order chi connectivity index (χ1) is 8.90. The van der Waals surface area contributed by atoms with Crippen molar-refractivity contribution in [1.82, 2.24) is 15.1 Å². The van der Waals surface area contributed by atoms with Crippen LogP contribution in [0.1, 0.15) is 40.2 Å². The average Bonchev–Trinajstić information content (AvgIpc) is 2.73. The molecule has 0 radical (unpaired) electrons. The topological polar surface area (TPSA) is 79.2 Å². The van der Waals surface area contributed by atoms with Crippen LogP contribution in [-0.4, -0.2) is 33.6 Å². The Labute approximate surface area is 114 Å². The summed E-state index contributed by atoms with van der Waals surface area (Å²) in [4.78, 5) is 11.7. The highest BCUT2D eigenvalue weighted by atomic mass is 16.3. The number of carbonyl (C=O) groups is 1. The molecule has 6 heteroatoms. The fourth-order valence-corrected chi connectivity index (χ4v) is 1.92. The average molecular weight is 268 g/mol. The highest BCUT2D eigenvalue weighted by molar-refractivity contribution is 5.88. The zero-order valence-corrected chi connectivity index (χ0v) is 12.1. The van der Waals surface area contributed by atoms with Gasteiger partial charge >= 0.3 is 6.03 Å². The van der Waals surface area contributed by atoms with Gasteiger partial charge in [0.25, 0.3) is 0 Å². The molecule has 0 aromatic carbocycles. The summed E-state index contributed by atoms with van der Waals surface area (Å²) in [5.41, 5.74) is 0. The van der Waals surface area contributed by atoms with E-state index in [0.29, 0.717) is 18.8 Å². The number of carbonyl (C=O) groups excluding carboxylic acids is 1. The fraction of sp³-hybridized carbons (Fsp3) is 0.692. The number of nitrogens with zero attached hydrogens (tertiary/aromatic N) is 2. The molecule has 2 atom stereocenters. The maximum atomic E-state index is 11.7. The third-order valence-corrected chi connectivity index (χ3v) is 2.76. The molecule has 1 heterocycles. The Morgan fingerprint density at radius 3 is 2.68 bits per heavy atom. The van der Waals surface area contributed by atoms with Crippen LogP contribution in [0.5, 0.6) is 0 Å². The molecular formula is C13H24N4O2. The van der Waals surface area contributed by atoms with Gasteiger partial charge in [-0.15, -0.1) is 0 Å². The lowest BCUT2D eigenvalue weighted by molar-refractivity contribution is 0.163. The molecule has 2 amide bonds. The lowest BCUT2D eigenvalue weighted by Crippen LogP contribution is -2.33. The minimum atomic E-state index is -0.345. The van der Waals surface area contributed by atoms with E-state index in [0.717, 1.165) is 0 Å². The van der Waals surface area contributed by atoms with Gasteiger partial charge in [-0.25, -0.2) is 9.48 Å². The second kappa shape index (κ2) is 7.13. The second-order valence-electron chi connectivity index (χ2n) is 5.28. The zero-order chi connectivity index (χ0) is 14.4. The number of hydrogen-bond acceptors (Lipinski definition) is 3. The number of urea groups is 1. The summed E-state index contributed by atoms with van der Waals surface area (Å²) in [5.74, 6) is 0.913. The van der Waals surface area contributed by atoms with Crippen LogP contribution in [0.4, 0.5) is 10.6 Å². The normalized spacial score (nSPS) is 14.2. The smallest absolute Gasteiger partial charge is 0.320 e. The summed E-state index contributed by atoms with van der Waals surface area (Å²) >= 11 is 0. The molecule has 6 nitrogen and oxygen atoms in total. The van der Waals surface area contributed by atoms with E-state index in [9.17, 15) is 9.90 Å². The van der Waals surface area contributed by atoms with Crippen molar-refractivity contribution in [1.29, 1.82) is 0 Å². The molecule has 0 spiro atoms. The summed E-state index contributed by atoms with van der Waals surface area (Å²) < 4.78 is 1.75. The summed E-state index contributed by atoms with van der Waals surface area (Å²) in [5, 5.41) is 19.0. The molecule has 19 heavy (non-hydrogen) atoms. The van der Waals surface area contributed by atoms with E-state index in [2.05, 4.69) is 15.7 Å². The van der Waals surface area contributed by atoms with Crippen molar-refractivity contribution in [3.8, 4) is 0 Å². The van der Waals surface area contributed by atoms with Gasteiger partial charge in [0.05, 0.1) is 12.3 Å². The predicted octanol–water partition coefficient (Wildman–Crippen LogP) is 1.99. The molecule has 0 aliphatic rings. The third kappa shape index (κ3) is 5.30. The van der Waals surface area contributed by atoms with Gasteiger partial charge in [-0.3, -0.25) is 5.32 Å². The van der Waals surface area contributed by atoms with Gasteiger partial charge in [0, 0.05) is 18.7 Å². The molecule has 2 unspecified atom stereocenters. The molecule has 3 N–H and O–H groups in total. The number of hydrogen-bond donors (Lipinski definition) is 3. The van der Waals surface area contributed by atoms with Gasteiger partial charge in [-0.2, -0.15) is 5.10 Å². The van der Waals surface area contributed by atoms with E-state index < -0.39 is 0 Å². The summed E-state index contributed by atoms with van der Waals surface area (Å²) in [6.07, 6.45) is 1.98. The monoisotopic (exact) mass is 268 g/mol. The van der Waals surface area contributed by atoms with Crippen molar-refractivity contribution in [2.75, 3.05) is 11.9 Å². The van der Waals surface area contributed by atoms with Crippen molar-refractivity contribution in [3.05, 3.63) is 12.3 Å². The molecule has 0 saturated carbocycles.